The van der Waals surface area contributed by atoms with Crippen molar-refractivity contribution < 1.29 is 14.7 Å². The number of aryl methyl sites for hydroxylation is 1. The Morgan fingerprint density at radius 1 is 1.03 bits per heavy atom. The molecule has 1 fully saturated rings. The monoisotopic (exact) mass is 412 g/mol. The summed E-state index contributed by atoms with van der Waals surface area (Å²) < 4.78 is 0. The van der Waals surface area contributed by atoms with Gasteiger partial charge in [-0.25, -0.2) is 0 Å². The first-order valence-corrected chi connectivity index (χ1v) is 10.6. The molecule has 0 radical (unpaired) electrons. The Morgan fingerprint density at radius 2 is 1.84 bits per heavy atom. The average Bonchev–Trinajstić information content (AvgIpc) is 2.90. The Balaban J connectivity index is 1.45. The van der Waals surface area contributed by atoms with Crippen LogP contribution in [-0.2, 0) is 22.6 Å². The van der Waals surface area contributed by atoms with Gasteiger partial charge < -0.3 is 14.9 Å². The van der Waals surface area contributed by atoms with E-state index in [1.54, 1.807) is 17.0 Å². The molecule has 0 aromatic heterocycles. The summed E-state index contributed by atoms with van der Waals surface area (Å²) in [5, 5.41) is 12.3. The van der Waals surface area contributed by atoms with Crippen molar-refractivity contribution in [2.24, 2.45) is 0 Å². The van der Waals surface area contributed by atoms with Crippen LogP contribution in [0.2, 0.25) is 0 Å². The van der Waals surface area contributed by atoms with Crippen LogP contribution >= 0.6 is 0 Å². The third-order valence-corrected chi connectivity index (χ3v) is 6.42. The molecule has 0 spiro atoms. The Labute approximate surface area is 181 Å². The van der Waals surface area contributed by atoms with Crippen LogP contribution in [0.3, 0.4) is 0 Å². The maximum Gasteiger partial charge on any atom is 0.246 e. The zero-order valence-corrected chi connectivity index (χ0v) is 17.3. The lowest BCUT2D eigenvalue weighted by atomic mass is 9.93. The highest BCUT2D eigenvalue weighted by molar-refractivity contribution is 5.98. The van der Waals surface area contributed by atoms with Crippen LogP contribution in [0.1, 0.15) is 17.5 Å². The number of phenols is 1. The molecule has 2 heterocycles. The van der Waals surface area contributed by atoms with E-state index in [9.17, 15) is 14.7 Å². The fourth-order valence-corrected chi connectivity index (χ4v) is 4.67. The number of hydrogen-bond acceptors (Lipinski definition) is 3. The zero-order valence-electron chi connectivity index (χ0n) is 17.3. The van der Waals surface area contributed by atoms with Crippen molar-refractivity contribution in [3.63, 3.8) is 0 Å². The summed E-state index contributed by atoms with van der Waals surface area (Å²) in [5.41, 5.74) is 4.34. The van der Waals surface area contributed by atoms with Gasteiger partial charge in [0.2, 0.25) is 11.8 Å². The summed E-state index contributed by atoms with van der Waals surface area (Å²) in [7, 11) is 0. The molecule has 0 unspecified atom stereocenters. The molecule has 2 aliphatic rings. The van der Waals surface area contributed by atoms with E-state index < -0.39 is 0 Å². The summed E-state index contributed by atoms with van der Waals surface area (Å²) in [6.45, 7) is 5.23. The summed E-state index contributed by atoms with van der Waals surface area (Å²) in [4.78, 5) is 28.2. The van der Waals surface area contributed by atoms with Gasteiger partial charge >= 0.3 is 0 Å². The molecule has 31 heavy (non-hydrogen) atoms. The fourth-order valence-electron chi connectivity index (χ4n) is 4.67. The Hall–Kier alpha value is -3.60. The van der Waals surface area contributed by atoms with Crippen LogP contribution in [0, 0.1) is 0 Å². The highest BCUT2D eigenvalue weighted by Crippen LogP contribution is 2.35. The standard InChI is InChI=1S/C26H24N2O3/c1-2-25(30)27-15-21(16-27)28-14-20-8-7-19(11-17(20)9-10-26(28)31)24-13-22(29)12-18-5-3-4-6-23(18)24/h2-8,11-13,21,29H,1,9-10,14-16H2. The molecule has 0 aliphatic carbocycles. The quantitative estimate of drug-likeness (QED) is 0.664. The topological polar surface area (TPSA) is 60.9 Å². The van der Waals surface area contributed by atoms with E-state index in [4.69, 9.17) is 0 Å². The van der Waals surface area contributed by atoms with Crippen molar-refractivity contribution in [3.05, 3.63) is 78.4 Å². The summed E-state index contributed by atoms with van der Waals surface area (Å²) in [5.74, 6) is 0.298. The summed E-state index contributed by atoms with van der Waals surface area (Å²) in [6.07, 6.45) is 2.47. The summed E-state index contributed by atoms with van der Waals surface area (Å²) >= 11 is 0. The largest absolute Gasteiger partial charge is 0.508 e. The van der Waals surface area contributed by atoms with Crippen molar-refractivity contribution in [3.8, 4) is 16.9 Å². The number of phenolic OH excluding ortho intramolecular Hbond substituents is 1. The van der Waals surface area contributed by atoms with E-state index in [-0.39, 0.29) is 23.6 Å². The molecule has 2 amide bonds. The predicted octanol–water partition coefficient (Wildman–Crippen LogP) is 3.88. The molecule has 5 rings (SSSR count). The van der Waals surface area contributed by atoms with E-state index in [2.05, 4.69) is 30.8 Å². The normalized spacial score (nSPS) is 16.6. The predicted molar refractivity (Wildman–Crippen MR) is 120 cm³/mol. The lowest BCUT2D eigenvalue weighted by molar-refractivity contribution is -0.144. The minimum absolute atomic E-state index is 0.0667. The summed E-state index contributed by atoms with van der Waals surface area (Å²) in [6, 6.07) is 18.0. The second kappa shape index (κ2) is 7.58. The van der Waals surface area contributed by atoms with Gasteiger partial charge in [0, 0.05) is 26.1 Å². The fraction of sp³-hybridized carbons (Fsp3) is 0.231. The Morgan fingerprint density at radius 3 is 2.65 bits per heavy atom. The Bertz CT molecular complexity index is 1210. The SMILES string of the molecule is C=CC(=O)N1CC(N2Cc3ccc(-c4cc(O)cc5ccccc45)cc3CCC2=O)C1. The van der Waals surface area contributed by atoms with Crippen LogP contribution in [0.25, 0.3) is 21.9 Å². The van der Waals surface area contributed by atoms with Gasteiger partial charge in [-0.3, -0.25) is 9.59 Å². The number of fused-ring (bicyclic) bond motifs is 2. The van der Waals surface area contributed by atoms with Crippen LogP contribution in [0.4, 0.5) is 0 Å². The molecule has 0 bridgehead atoms. The number of carbonyl (C=O) groups excluding carboxylic acids is 2. The van der Waals surface area contributed by atoms with E-state index in [0.29, 0.717) is 32.5 Å². The first-order chi connectivity index (χ1) is 15.0. The van der Waals surface area contributed by atoms with E-state index in [0.717, 1.165) is 27.5 Å². The highest BCUT2D eigenvalue weighted by atomic mass is 16.3. The molecule has 5 nitrogen and oxygen atoms in total. The number of aromatic hydroxyl groups is 1. The number of hydrogen-bond donors (Lipinski definition) is 1. The van der Waals surface area contributed by atoms with Crippen molar-refractivity contribution >= 4 is 22.6 Å². The lowest BCUT2D eigenvalue weighted by Crippen LogP contribution is -2.61. The van der Waals surface area contributed by atoms with Crippen LogP contribution < -0.4 is 0 Å². The van der Waals surface area contributed by atoms with Gasteiger partial charge in [0.05, 0.1) is 6.04 Å². The second-order valence-electron chi connectivity index (χ2n) is 8.32. The molecule has 2 aliphatic heterocycles. The lowest BCUT2D eigenvalue weighted by Gasteiger charge is -2.44. The number of carbonyl (C=O) groups is 2. The van der Waals surface area contributed by atoms with Gasteiger partial charge in [0.15, 0.2) is 0 Å². The molecule has 5 heteroatoms. The molecule has 0 atom stereocenters. The van der Waals surface area contributed by atoms with Gasteiger partial charge in [-0.05, 0) is 57.7 Å². The van der Waals surface area contributed by atoms with Crippen molar-refractivity contribution in [1.29, 1.82) is 0 Å². The molecule has 1 N–H and O–H groups in total. The maximum atomic E-state index is 12.8. The van der Waals surface area contributed by atoms with Crippen molar-refractivity contribution in [1.82, 2.24) is 9.80 Å². The van der Waals surface area contributed by atoms with Gasteiger partial charge in [0.25, 0.3) is 0 Å². The first-order valence-electron chi connectivity index (χ1n) is 10.6. The molecule has 0 saturated carbocycles. The highest BCUT2D eigenvalue weighted by Gasteiger charge is 2.37. The zero-order chi connectivity index (χ0) is 21.5. The number of nitrogens with zero attached hydrogens (tertiary/aromatic N) is 2. The van der Waals surface area contributed by atoms with Crippen LogP contribution in [-0.4, -0.2) is 45.9 Å². The van der Waals surface area contributed by atoms with Gasteiger partial charge in [-0.2, -0.15) is 0 Å². The minimum Gasteiger partial charge on any atom is -0.508 e. The van der Waals surface area contributed by atoms with E-state index in [1.165, 1.54) is 11.6 Å². The molecule has 3 aromatic rings. The third kappa shape index (κ3) is 3.46. The van der Waals surface area contributed by atoms with Crippen molar-refractivity contribution in [2.75, 3.05) is 13.1 Å². The molecular weight excluding hydrogens is 388 g/mol. The minimum atomic E-state index is -0.0816. The van der Waals surface area contributed by atoms with Crippen LogP contribution in [0.15, 0.2) is 67.3 Å². The maximum absolute atomic E-state index is 12.8. The number of amides is 2. The number of rotatable bonds is 3. The van der Waals surface area contributed by atoms with Crippen molar-refractivity contribution in [2.45, 2.75) is 25.4 Å². The Kier molecular flexibility index (Phi) is 4.74. The second-order valence-corrected chi connectivity index (χ2v) is 8.32. The molecule has 1 saturated heterocycles. The van der Waals surface area contributed by atoms with Gasteiger partial charge in [-0.15, -0.1) is 0 Å². The van der Waals surface area contributed by atoms with Gasteiger partial charge in [0.1, 0.15) is 5.75 Å². The number of likely N-dealkylation sites (tertiary alicyclic amines) is 1. The van der Waals surface area contributed by atoms with E-state index in [1.807, 2.05) is 23.1 Å². The third-order valence-electron chi connectivity index (χ3n) is 6.42. The smallest absolute Gasteiger partial charge is 0.246 e. The van der Waals surface area contributed by atoms with Gasteiger partial charge in [-0.1, -0.05) is 49.0 Å². The van der Waals surface area contributed by atoms with E-state index >= 15 is 0 Å². The molecule has 156 valence electrons. The first kappa shape index (κ1) is 19.4. The molecule has 3 aromatic carbocycles. The number of benzene rings is 3. The average molecular weight is 412 g/mol. The molecular formula is C26H24N2O3. The van der Waals surface area contributed by atoms with Crippen LogP contribution in [0.5, 0.6) is 5.75 Å².